The molecule has 27 heavy (non-hydrogen) atoms. The first-order chi connectivity index (χ1) is 12.8. The summed E-state index contributed by atoms with van der Waals surface area (Å²) >= 11 is 6.07. The Balaban J connectivity index is 1.89. The minimum atomic E-state index is -3.91. The van der Waals surface area contributed by atoms with Gasteiger partial charge in [-0.15, -0.1) is 0 Å². The number of hydrogen-bond donors (Lipinski definition) is 1. The molecule has 1 N–H and O–H groups in total. The lowest BCUT2D eigenvalue weighted by Crippen LogP contribution is -2.44. The molecule has 0 aromatic heterocycles. The van der Waals surface area contributed by atoms with Gasteiger partial charge in [-0.1, -0.05) is 11.6 Å². The van der Waals surface area contributed by atoms with Crippen molar-refractivity contribution in [1.29, 1.82) is 0 Å². The molecule has 2 aromatic carbocycles. The van der Waals surface area contributed by atoms with Crippen LogP contribution in [0.2, 0.25) is 5.02 Å². The van der Waals surface area contributed by atoms with Crippen molar-refractivity contribution >= 4 is 38.7 Å². The van der Waals surface area contributed by atoms with Crippen LogP contribution >= 0.6 is 11.6 Å². The third kappa shape index (κ3) is 4.49. The lowest BCUT2D eigenvalue weighted by Gasteiger charge is -2.35. The van der Waals surface area contributed by atoms with E-state index in [0.29, 0.717) is 10.7 Å². The second kappa shape index (κ2) is 7.71. The highest BCUT2D eigenvalue weighted by Gasteiger charge is 2.22. The molecule has 1 heterocycles. The number of rotatable bonds is 5. The monoisotopic (exact) mass is 410 g/mol. The van der Waals surface area contributed by atoms with Crippen molar-refractivity contribution in [3.05, 3.63) is 57.6 Å². The first-order valence-corrected chi connectivity index (χ1v) is 10.1. The third-order valence-electron chi connectivity index (χ3n) is 4.40. The van der Waals surface area contributed by atoms with E-state index >= 15 is 0 Å². The van der Waals surface area contributed by atoms with Crippen molar-refractivity contribution in [2.24, 2.45) is 0 Å². The summed E-state index contributed by atoms with van der Waals surface area (Å²) in [4.78, 5) is 14.4. The highest BCUT2D eigenvalue weighted by Crippen LogP contribution is 2.32. The maximum Gasteiger partial charge on any atom is 0.269 e. The zero-order valence-electron chi connectivity index (χ0n) is 14.6. The molecule has 8 nitrogen and oxygen atoms in total. The van der Waals surface area contributed by atoms with Gasteiger partial charge in [-0.2, -0.15) is 0 Å². The number of nitrogens with zero attached hydrogens (tertiary/aromatic N) is 3. The fraction of sp³-hybridized carbons (Fsp3) is 0.294. The molecule has 1 aliphatic heterocycles. The van der Waals surface area contributed by atoms with E-state index in [1.54, 1.807) is 18.2 Å². The first-order valence-electron chi connectivity index (χ1n) is 8.26. The molecule has 1 saturated heterocycles. The fourth-order valence-electron chi connectivity index (χ4n) is 2.86. The Hall–Kier alpha value is -2.36. The number of halogens is 1. The molecule has 0 radical (unpaired) electrons. The van der Waals surface area contributed by atoms with Gasteiger partial charge >= 0.3 is 0 Å². The molecule has 10 heteroatoms. The summed E-state index contributed by atoms with van der Waals surface area (Å²) < 4.78 is 28.0. The molecule has 3 rings (SSSR count). The summed E-state index contributed by atoms with van der Waals surface area (Å²) in [5.41, 5.74) is 0.957. The molecular weight excluding hydrogens is 392 g/mol. The van der Waals surface area contributed by atoms with E-state index in [1.165, 1.54) is 12.1 Å². The molecule has 0 saturated carbocycles. The van der Waals surface area contributed by atoms with Crippen LogP contribution in [0.15, 0.2) is 47.4 Å². The molecule has 0 amide bonds. The van der Waals surface area contributed by atoms with E-state index < -0.39 is 14.9 Å². The van der Waals surface area contributed by atoms with Crippen LogP contribution in [0.4, 0.5) is 17.1 Å². The van der Waals surface area contributed by atoms with E-state index in [9.17, 15) is 18.5 Å². The number of anilines is 2. The van der Waals surface area contributed by atoms with E-state index in [0.717, 1.165) is 44.0 Å². The maximum atomic E-state index is 12.7. The van der Waals surface area contributed by atoms with Crippen LogP contribution in [0.25, 0.3) is 0 Å². The topological polar surface area (TPSA) is 95.8 Å². The molecule has 0 bridgehead atoms. The van der Waals surface area contributed by atoms with Crippen LogP contribution in [-0.4, -0.2) is 51.5 Å². The highest BCUT2D eigenvalue weighted by atomic mass is 35.5. The quantitative estimate of drug-likeness (QED) is 0.601. The van der Waals surface area contributed by atoms with Crippen molar-refractivity contribution in [2.45, 2.75) is 4.90 Å². The van der Waals surface area contributed by atoms with Crippen molar-refractivity contribution in [3.63, 3.8) is 0 Å². The van der Waals surface area contributed by atoms with Gasteiger partial charge in [0.25, 0.3) is 15.7 Å². The Bertz CT molecular complexity index is 942. The summed E-state index contributed by atoms with van der Waals surface area (Å²) in [7, 11) is -1.87. The fourth-order valence-corrected chi connectivity index (χ4v) is 4.10. The van der Waals surface area contributed by atoms with Gasteiger partial charge in [0.15, 0.2) is 0 Å². The van der Waals surface area contributed by atoms with Crippen LogP contribution in [0, 0.1) is 10.1 Å². The summed E-state index contributed by atoms with van der Waals surface area (Å²) in [5, 5.41) is 11.2. The minimum Gasteiger partial charge on any atom is -0.367 e. The van der Waals surface area contributed by atoms with Gasteiger partial charge in [0.05, 0.1) is 21.2 Å². The Morgan fingerprint density at radius 2 is 1.70 bits per heavy atom. The second-order valence-electron chi connectivity index (χ2n) is 6.31. The second-order valence-corrected chi connectivity index (χ2v) is 8.43. The largest absolute Gasteiger partial charge is 0.367 e. The molecular formula is C17H19ClN4O4S. The minimum absolute atomic E-state index is 0.0580. The Morgan fingerprint density at radius 1 is 1.07 bits per heavy atom. The van der Waals surface area contributed by atoms with Gasteiger partial charge in [-0.3, -0.25) is 14.8 Å². The highest BCUT2D eigenvalue weighted by molar-refractivity contribution is 7.92. The number of sulfonamides is 1. The number of nitro benzene ring substituents is 1. The summed E-state index contributed by atoms with van der Waals surface area (Å²) in [6, 6.07) is 9.82. The zero-order valence-corrected chi connectivity index (χ0v) is 16.2. The SMILES string of the molecule is CN1CCN(c2ccc(Cl)cc2NS(=O)(=O)c2ccc([N+](=O)[O-])cc2)CC1. The Labute approximate surface area is 162 Å². The number of benzene rings is 2. The van der Waals surface area contributed by atoms with Crippen molar-refractivity contribution < 1.29 is 13.3 Å². The van der Waals surface area contributed by atoms with Crippen LogP contribution in [0.1, 0.15) is 0 Å². The molecule has 0 atom stereocenters. The number of piperazine rings is 1. The number of likely N-dealkylation sites (N-methyl/N-ethyl adjacent to an activating group) is 1. The van der Waals surface area contributed by atoms with Crippen LogP contribution < -0.4 is 9.62 Å². The molecule has 0 spiro atoms. The lowest BCUT2D eigenvalue weighted by molar-refractivity contribution is -0.384. The zero-order chi connectivity index (χ0) is 19.6. The lowest BCUT2D eigenvalue weighted by atomic mass is 10.2. The predicted molar refractivity (Wildman–Crippen MR) is 105 cm³/mol. The van der Waals surface area contributed by atoms with Gasteiger partial charge in [0.2, 0.25) is 0 Å². The first kappa shape index (κ1) is 19.4. The number of nitrogens with one attached hydrogen (secondary N) is 1. The molecule has 1 aliphatic rings. The average molecular weight is 411 g/mol. The van der Waals surface area contributed by atoms with Gasteiger partial charge in [-0.25, -0.2) is 8.42 Å². The number of non-ortho nitro benzene ring substituents is 1. The van der Waals surface area contributed by atoms with E-state index in [2.05, 4.69) is 14.5 Å². The summed E-state index contributed by atoms with van der Waals surface area (Å²) in [5.74, 6) is 0. The molecule has 144 valence electrons. The standard InChI is InChI=1S/C17H19ClN4O4S/c1-20-8-10-21(11-9-20)17-7-2-13(18)12-16(17)19-27(25,26)15-5-3-14(4-6-15)22(23)24/h2-7,12,19H,8-11H2,1H3. The molecule has 0 aliphatic carbocycles. The van der Waals surface area contributed by atoms with Gasteiger partial charge in [0.1, 0.15) is 0 Å². The van der Waals surface area contributed by atoms with Crippen molar-refractivity contribution in [1.82, 2.24) is 4.90 Å². The summed E-state index contributed by atoms with van der Waals surface area (Å²) in [6.45, 7) is 3.28. The average Bonchev–Trinajstić information content (AvgIpc) is 2.62. The third-order valence-corrected chi connectivity index (χ3v) is 6.02. The van der Waals surface area contributed by atoms with Crippen LogP contribution in [0.5, 0.6) is 0 Å². The number of nitro groups is 1. The van der Waals surface area contributed by atoms with E-state index in [-0.39, 0.29) is 10.6 Å². The Morgan fingerprint density at radius 3 is 2.30 bits per heavy atom. The number of hydrogen-bond acceptors (Lipinski definition) is 6. The Kier molecular flexibility index (Phi) is 5.54. The van der Waals surface area contributed by atoms with E-state index in [1.807, 2.05) is 7.05 Å². The maximum absolute atomic E-state index is 12.7. The molecule has 1 fully saturated rings. The predicted octanol–water partition coefficient (Wildman–Crippen LogP) is 2.80. The normalized spacial score (nSPS) is 15.6. The molecule has 0 unspecified atom stereocenters. The molecule has 2 aromatic rings. The van der Waals surface area contributed by atoms with Crippen molar-refractivity contribution in [2.75, 3.05) is 42.8 Å². The van der Waals surface area contributed by atoms with Crippen LogP contribution in [0.3, 0.4) is 0 Å². The van der Waals surface area contributed by atoms with Crippen molar-refractivity contribution in [3.8, 4) is 0 Å². The van der Waals surface area contributed by atoms with Crippen LogP contribution in [-0.2, 0) is 10.0 Å². The summed E-state index contributed by atoms with van der Waals surface area (Å²) in [6.07, 6.45) is 0. The van der Waals surface area contributed by atoms with Gasteiger partial charge < -0.3 is 9.80 Å². The van der Waals surface area contributed by atoms with E-state index in [4.69, 9.17) is 11.6 Å². The van der Waals surface area contributed by atoms with Gasteiger partial charge in [-0.05, 0) is 37.4 Å². The van der Waals surface area contributed by atoms with Gasteiger partial charge in [0, 0.05) is 43.3 Å². The smallest absolute Gasteiger partial charge is 0.269 e.